The average Bonchev–Trinajstić information content (AvgIpc) is 2.65. The normalized spacial score (nSPS) is 22.8. The van der Waals surface area contributed by atoms with Gasteiger partial charge in [-0.25, -0.2) is 4.79 Å². The molecule has 92 valence electrons. The van der Waals surface area contributed by atoms with E-state index in [-0.39, 0.29) is 6.04 Å². The number of amides is 2. The molecule has 0 aromatic carbocycles. The van der Waals surface area contributed by atoms with Crippen LogP contribution >= 0.6 is 0 Å². The molecule has 0 saturated carbocycles. The Morgan fingerprint density at radius 1 is 1.62 bits per heavy atom. The van der Waals surface area contributed by atoms with Gasteiger partial charge >= 0.3 is 6.09 Å². The summed E-state index contributed by atoms with van der Waals surface area (Å²) < 4.78 is 4.50. The summed E-state index contributed by atoms with van der Waals surface area (Å²) in [6.45, 7) is 1.88. The van der Waals surface area contributed by atoms with Crippen LogP contribution in [0.4, 0.5) is 4.79 Å². The minimum absolute atomic E-state index is 0.0486. The predicted octanol–water partition coefficient (Wildman–Crippen LogP) is -1.77. The van der Waals surface area contributed by atoms with Crippen molar-refractivity contribution in [2.24, 2.45) is 11.5 Å². The van der Waals surface area contributed by atoms with Crippen molar-refractivity contribution < 1.29 is 14.3 Å². The van der Waals surface area contributed by atoms with Crippen LogP contribution in [-0.2, 0) is 9.53 Å². The molecule has 0 bridgehead atoms. The molecule has 1 fully saturated rings. The van der Waals surface area contributed by atoms with Gasteiger partial charge in [-0.05, 0) is 6.42 Å². The van der Waals surface area contributed by atoms with Gasteiger partial charge in [-0.15, -0.1) is 0 Å². The molecule has 2 atom stereocenters. The number of carbonyl (C=O) groups excluding carboxylic acids is 2. The number of ether oxygens (including phenoxy) is 1. The van der Waals surface area contributed by atoms with Gasteiger partial charge in [-0.2, -0.15) is 0 Å². The van der Waals surface area contributed by atoms with E-state index in [2.05, 4.69) is 10.1 Å². The molecule has 0 radical (unpaired) electrons. The summed E-state index contributed by atoms with van der Waals surface area (Å²) >= 11 is 0. The minimum Gasteiger partial charge on any atom is -0.453 e. The third kappa shape index (κ3) is 3.67. The number of nitrogens with zero attached hydrogens (tertiary/aromatic N) is 1. The van der Waals surface area contributed by atoms with E-state index in [9.17, 15) is 9.59 Å². The molecular formula is C9H18N4O3. The Balaban J connectivity index is 2.29. The largest absolute Gasteiger partial charge is 0.453 e. The first-order valence-corrected chi connectivity index (χ1v) is 5.14. The lowest BCUT2D eigenvalue weighted by Gasteiger charge is -2.18. The van der Waals surface area contributed by atoms with Crippen LogP contribution < -0.4 is 16.8 Å². The van der Waals surface area contributed by atoms with Crippen LogP contribution in [0.2, 0.25) is 0 Å². The number of carbonyl (C=O) groups is 2. The predicted molar refractivity (Wildman–Crippen MR) is 57.6 cm³/mol. The maximum atomic E-state index is 11.0. The number of nitrogens with two attached hydrogens (primary N) is 2. The number of hydrogen-bond acceptors (Lipinski definition) is 5. The smallest absolute Gasteiger partial charge is 0.407 e. The van der Waals surface area contributed by atoms with E-state index in [4.69, 9.17) is 11.5 Å². The lowest BCUT2D eigenvalue weighted by atomic mass is 10.3. The fourth-order valence-electron chi connectivity index (χ4n) is 1.71. The zero-order valence-electron chi connectivity index (χ0n) is 9.31. The lowest BCUT2D eigenvalue weighted by Crippen LogP contribution is -2.46. The number of nitrogens with one attached hydrogen (secondary N) is 1. The number of primary amides is 1. The molecule has 5 N–H and O–H groups in total. The summed E-state index contributed by atoms with van der Waals surface area (Å²) in [5.74, 6) is -0.510. The fraction of sp³-hybridized carbons (Fsp3) is 0.778. The maximum absolute atomic E-state index is 11.0. The lowest BCUT2D eigenvalue weighted by molar-refractivity contribution is -0.119. The number of methoxy groups -OCH3 is 1. The Morgan fingerprint density at radius 2 is 2.31 bits per heavy atom. The summed E-state index contributed by atoms with van der Waals surface area (Å²) in [6, 6.07) is -0.607. The summed E-state index contributed by atoms with van der Waals surface area (Å²) in [6.07, 6.45) is 0.381. The second kappa shape index (κ2) is 5.66. The highest BCUT2D eigenvalue weighted by Crippen LogP contribution is 2.09. The highest BCUT2D eigenvalue weighted by atomic mass is 16.5. The second-order valence-electron chi connectivity index (χ2n) is 3.89. The Labute approximate surface area is 94.1 Å². The van der Waals surface area contributed by atoms with Gasteiger partial charge in [0.15, 0.2) is 0 Å². The summed E-state index contributed by atoms with van der Waals surface area (Å²) in [7, 11) is 1.32. The highest BCUT2D eigenvalue weighted by molar-refractivity contribution is 5.79. The molecule has 1 saturated heterocycles. The number of hydrogen-bond donors (Lipinski definition) is 3. The van der Waals surface area contributed by atoms with E-state index in [1.165, 1.54) is 7.11 Å². The van der Waals surface area contributed by atoms with Crippen molar-refractivity contribution in [1.82, 2.24) is 10.2 Å². The zero-order valence-corrected chi connectivity index (χ0v) is 9.31. The number of alkyl carbamates (subject to hydrolysis) is 1. The molecule has 7 nitrogen and oxygen atoms in total. The maximum Gasteiger partial charge on any atom is 0.407 e. The van der Waals surface area contributed by atoms with Crippen LogP contribution in [0, 0.1) is 0 Å². The zero-order chi connectivity index (χ0) is 12.1. The minimum atomic E-state index is -0.656. The van der Waals surface area contributed by atoms with Gasteiger partial charge in [0.1, 0.15) is 0 Å². The van der Waals surface area contributed by atoms with Crippen LogP contribution in [0.3, 0.4) is 0 Å². The third-order valence-electron chi connectivity index (χ3n) is 2.60. The topological polar surface area (TPSA) is 111 Å². The van der Waals surface area contributed by atoms with Gasteiger partial charge in [0.2, 0.25) is 5.91 Å². The van der Waals surface area contributed by atoms with Crippen molar-refractivity contribution >= 4 is 12.0 Å². The summed E-state index contributed by atoms with van der Waals surface area (Å²) in [5, 5.41) is 2.70. The number of likely N-dealkylation sites (tertiary alicyclic amines) is 1. The summed E-state index contributed by atoms with van der Waals surface area (Å²) in [5.41, 5.74) is 10.6. The van der Waals surface area contributed by atoms with Crippen LogP contribution in [0.25, 0.3) is 0 Å². The molecule has 1 heterocycles. The van der Waals surface area contributed by atoms with Crippen LogP contribution in [-0.4, -0.2) is 55.7 Å². The fourth-order valence-corrected chi connectivity index (χ4v) is 1.71. The van der Waals surface area contributed by atoms with Crippen molar-refractivity contribution in [1.29, 1.82) is 0 Å². The molecule has 1 aliphatic heterocycles. The van der Waals surface area contributed by atoms with Gasteiger partial charge in [-0.3, -0.25) is 9.69 Å². The van der Waals surface area contributed by atoms with E-state index < -0.39 is 18.0 Å². The van der Waals surface area contributed by atoms with Gasteiger partial charge in [0, 0.05) is 25.7 Å². The monoisotopic (exact) mass is 230 g/mol. The molecule has 2 unspecified atom stereocenters. The van der Waals surface area contributed by atoms with E-state index in [1.807, 2.05) is 4.90 Å². The SMILES string of the molecule is COC(=O)NC1CCN(CC(N)C(N)=O)C1. The molecule has 0 aliphatic carbocycles. The molecule has 0 spiro atoms. The van der Waals surface area contributed by atoms with Crippen molar-refractivity contribution in [3.8, 4) is 0 Å². The molecule has 0 aromatic rings. The van der Waals surface area contributed by atoms with E-state index in [0.717, 1.165) is 13.0 Å². The number of rotatable bonds is 4. The van der Waals surface area contributed by atoms with Gasteiger partial charge in [0.05, 0.1) is 13.2 Å². The van der Waals surface area contributed by atoms with Crippen molar-refractivity contribution in [3.05, 3.63) is 0 Å². The van der Waals surface area contributed by atoms with Crippen molar-refractivity contribution in [2.45, 2.75) is 18.5 Å². The molecule has 2 amide bonds. The van der Waals surface area contributed by atoms with Gasteiger partial charge in [-0.1, -0.05) is 0 Å². The Bertz CT molecular complexity index is 271. The first-order valence-electron chi connectivity index (χ1n) is 5.14. The second-order valence-corrected chi connectivity index (χ2v) is 3.89. The summed E-state index contributed by atoms with van der Waals surface area (Å²) in [4.78, 5) is 23.7. The molecule has 7 heteroatoms. The van der Waals surface area contributed by atoms with Crippen LogP contribution in [0.1, 0.15) is 6.42 Å². The Morgan fingerprint density at radius 3 is 2.88 bits per heavy atom. The molecule has 16 heavy (non-hydrogen) atoms. The Kier molecular flexibility index (Phi) is 4.51. The highest BCUT2D eigenvalue weighted by Gasteiger charge is 2.26. The van der Waals surface area contributed by atoms with Crippen LogP contribution in [0.5, 0.6) is 0 Å². The molecular weight excluding hydrogens is 212 g/mol. The molecule has 1 rings (SSSR count). The first kappa shape index (κ1) is 12.7. The average molecular weight is 230 g/mol. The Hall–Kier alpha value is -1.34. The van der Waals surface area contributed by atoms with E-state index >= 15 is 0 Å². The standard InChI is InChI=1S/C9H18N4O3/c1-16-9(15)12-6-2-3-13(4-6)5-7(10)8(11)14/h6-7H,2-5,10H2,1H3,(H2,11,14)(H,12,15). The third-order valence-corrected chi connectivity index (χ3v) is 2.60. The van der Waals surface area contributed by atoms with E-state index in [0.29, 0.717) is 13.1 Å². The molecule has 0 aromatic heterocycles. The molecule has 1 aliphatic rings. The van der Waals surface area contributed by atoms with Crippen molar-refractivity contribution in [2.75, 3.05) is 26.7 Å². The van der Waals surface area contributed by atoms with Crippen LogP contribution in [0.15, 0.2) is 0 Å². The van der Waals surface area contributed by atoms with Crippen molar-refractivity contribution in [3.63, 3.8) is 0 Å². The van der Waals surface area contributed by atoms with Gasteiger partial charge < -0.3 is 21.5 Å². The van der Waals surface area contributed by atoms with Gasteiger partial charge in [0.25, 0.3) is 0 Å². The first-order chi connectivity index (χ1) is 7.52. The van der Waals surface area contributed by atoms with E-state index in [1.54, 1.807) is 0 Å². The quantitative estimate of drug-likeness (QED) is 0.529.